The molecule has 1 aliphatic rings. The van der Waals surface area contributed by atoms with E-state index in [4.69, 9.17) is 0 Å². The Morgan fingerprint density at radius 3 is 2.62 bits per heavy atom. The molecule has 1 aromatic carbocycles. The van der Waals surface area contributed by atoms with Gasteiger partial charge < -0.3 is 5.32 Å². The Morgan fingerprint density at radius 2 is 1.95 bits per heavy atom. The second-order valence-electron chi connectivity index (χ2n) is 6.69. The van der Waals surface area contributed by atoms with E-state index in [-0.39, 0.29) is 0 Å². The molecule has 1 aromatic rings. The Balaban J connectivity index is 1.84. The summed E-state index contributed by atoms with van der Waals surface area (Å²) >= 11 is 2.02. The fourth-order valence-corrected chi connectivity index (χ4v) is 4.61. The van der Waals surface area contributed by atoms with Crippen molar-refractivity contribution in [1.82, 2.24) is 5.32 Å². The molecule has 0 heterocycles. The highest BCUT2D eigenvalue weighted by molar-refractivity contribution is 7.99. The van der Waals surface area contributed by atoms with Crippen molar-refractivity contribution in [3.63, 3.8) is 0 Å². The molecule has 3 unspecified atom stereocenters. The molecule has 0 radical (unpaired) electrons. The van der Waals surface area contributed by atoms with E-state index in [0.717, 1.165) is 30.3 Å². The van der Waals surface area contributed by atoms with E-state index >= 15 is 0 Å². The maximum atomic E-state index is 3.73. The molecular formula is C19H31NS. The highest BCUT2D eigenvalue weighted by Crippen LogP contribution is 2.36. The van der Waals surface area contributed by atoms with Gasteiger partial charge in [-0.15, -0.1) is 11.8 Å². The van der Waals surface area contributed by atoms with Crippen LogP contribution < -0.4 is 5.32 Å². The van der Waals surface area contributed by atoms with E-state index in [1.165, 1.54) is 36.3 Å². The van der Waals surface area contributed by atoms with Gasteiger partial charge in [-0.1, -0.05) is 39.0 Å². The van der Waals surface area contributed by atoms with Crippen molar-refractivity contribution in [2.75, 3.05) is 12.3 Å². The lowest BCUT2D eigenvalue weighted by Crippen LogP contribution is -2.41. The molecule has 0 spiro atoms. The van der Waals surface area contributed by atoms with Crippen LogP contribution in [-0.2, 0) is 0 Å². The Bertz CT molecular complexity index is 390. The molecule has 21 heavy (non-hydrogen) atoms. The van der Waals surface area contributed by atoms with E-state index in [1.54, 1.807) is 0 Å². The van der Waals surface area contributed by atoms with Crippen LogP contribution >= 0.6 is 11.8 Å². The van der Waals surface area contributed by atoms with Crippen molar-refractivity contribution in [2.24, 2.45) is 17.8 Å². The molecule has 1 fully saturated rings. The summed E-state index contributed by atoms with van der Waals surface area (Å²) in [4.78, 5) is 1.41. The van der Waals surface area contributed by atoms with E-state index in [0.29, 0.717) is 0 Å². The van der Waals surface area contributed by atoms with E-state index in [1.807, 2.05) is 11.8 Å². The van der Waals surface area contributed by atoms with Gasteiger partial charge in [0, 0.05) is 10.9 Å². The van der Waals surface area contributed by atoms with Gasteiger partial charge in [-0.25, -0.2) is 0 Å². The first-order valence-electron chi connectivity index (χ1n) is 8.62. The third kappa shape index (κ3) is 5.34. The molecule has 0 aromatic heterocycles. The molecule has 2 rings (SSSR count). The van der Waals surface area contributed by atoms with Crippen LogP contribution in [0, 0.1) is 17.8 Å². The van der Waals surface area contributed by atoms with E-state index in [9.17, 15) is 0 Å². The largest absolute Gasteiger partial charge is 0.314 e. The quantitative estimate of drug-likeness (QED) is 0.693. The van der Waals surface area contributed by atoms with Gasteiger partial charge in [0.2, 0.25) is 0 Å². The second kappa shape index (κ2) is 8.85. The summed E-state index contributed by atoms with van der Waals surface area (Å²) in [6.45, 7) is 8.14. The van der Waals surface area contributed by atoms with Gasteiger partial charge in [0.05, 0.1) is 0 Å². The summed E-state index contributed by atoms with van der Waals surface area (Å²) in [5.74, 6) is 3.90. The number of hydrogen-bond donors (Lipinski definition) is 1. The normalized spacial score (nSPS) is 26.2. The number of benzene rings is 1. The maximum absolute atomic E-state index is 3.73. The standard InChI is InChI=1S/C19H31NS/c1-4-20-19-11-10-16(15(2)3)14-17(19)12-13-21-18-8-6-5-7-9-18/h5-9,15-17,19-20H,4,10-14H2,1-3H3. The van der Waals surface area contributed by atoms with Gasteiger partial charge in [0.1, 0.15) is 0 Å². The molecule has 1 nitrogen and oxygen atoms in total. The average Bonchev–Trinajstić information content (AvgIpc) is 2.50. The SMILES string of the molecule is CCNC1CCC(C(C)C)CC1CCSc1ccccc1. The van der Waals surface area contributed by atoms with Crippen molar-refractivity contribution in [3.05, 3.63) is 30.3 Å². The van der Waals surface area contributed by atoms with Crippen LogP contribution in [0.3, 0.4) is 0 Å². The first kappa shape index (κ1) is 16.9. The second-order valence-corrected chi connectivity index (χ2v) is 7.86. The minimum absolute atomic E-state index is 0.751. The van der Waals surface area contributed by atoms with Crippen molar-refractivity contribution in [3.8, 4) is 0 Å². The molecule has 0 bridgehead atoms. The molecule has 2 heteroatoms. The third-order valence-electron chi connectivity index (χ3n) is 4.93. The lowest BCUT2D eigenvalue weighted by molar-refractivity contribution is 0.167. The number of thioether (sulfide) groups is 1. The maximum Gasteiger partial charge on any atom is 0.00957 e. The van der Waals surface area contributed by atoms with Crippen LogP contribution in [0.4, 0.5) is 0 Å². The minimum Gasteiger partial charge on any atom is -0.314 e. The Hall–Kier alpha value is -0.470. The highest BCUT2D eigenvalue weighted by atomic mass is 32.2. The zero-order chi connectivity index (χ0) is 15.1. The summed E-state index contributed by atoms with van der Waals surface area (Å²) in [7, 11) is 0. The summed E-state index contributed by atoms with van der Waals surface area (Å²) in [6, 6.07) is 11.6. The molecule has 3 atom stereocenters. The van der Waals surface area contributed by atoms with Crippen LogP contribution in [0.5, 0.6) is 0 Å². The summed E-state index contributed by atoms with van der Waals surface area (Å²) < 4.78 is 0. The fourth-order valence-electron chi connectivity index (χ4n) is 3.60. The summed E-state index contributed by atoms with van der Waals surface area (Å²) in [6.07, 6.45) is 5.56. The Morgan fingerprint density at radius 1 is 1.19 bits per heavy atom. The Labute approximate surface area is 135 Å². The van der Waals surface area contributed by atoms with Crippen molar-refractivity contribution < 1.29 is 0 Å². The molecule has 1 N–H and O–H groups in total. The summed E-state index contributed by atoms with van der Waals surface area (Å²) in [5, 5.41) is 3.73. The zero-order valence-corrected chi connectivity index (χ0v) is 14.7. The van der Waals surface area contributed by atoms with E-state index < -0.39 is 0 Å². The Kier molecular flexibility index (Phi) is 7.12. The van der Waals surface area contributed by atoms with Gasteiger partial charge in [0.15, 0.2) is 0 Å². The molecule has 0 saturated heterocycles. The van der Waals surface area contributed by atoms with Crippen LogP contribution in [0.1, 0.15) is 46.5 Å². The van der Waals surface area contributed by atoms with Crippen molar-refractivity contribution >= 4 is 11.8 Å². The lowest BCUT2D eigenvalue weighted by atomic mass is 9.72. The summed E-state index contributed by atoms with van der Waals surface area (Å²) in [5.41, 5.74) is 0. The van der Waals surface area contributed by atoms with Gasteiger partial charge >= 0.3 is 0 Å². The van der Waals surface area contributed by atoms with Crippen molar-refractivity contribution in [1.29, 1.82) is 0 Å². The molecular weight excluding hydrogens is 274 g/mol. The van der Waals surface area contributed by atoms with Gasteiger partial charge in [0.25, 0.3) is 0 Å². The predicted octanol–water partition coefficient (Wildman–Crippen LogP) is 5.22. The number of hydrogen-bond acceptors (Lipinski definition) is 2. The van der Waals surface area contributed by atoms with Crippen LogP contribution in [-0.4, -0.2) is 18.3 Å². The molecule has 1 saturated carbocycles. The highest BCUT2D eigenvalue weighted by Gasteiger charge is 2.30. The average molecular weight is 306 g/mol. The lowest BCUT2D eigenvalue weighted by Gasteiger charge is -2.38. The van der Waals surface area contributed by atoms with E-state index in [2.05, 4.69) is 56.4 Å². The van der Waals surface area contributed by atoms with Gasteiger partial charge in [-0.3, -0.25) is 0 Å². The first-order chi connectivity index (χ1) is 10.2. The van der Waals surface area contributed by atoms with Crippen molar-refractivity contribution in [2.45, 2.75) is 57.4 Å². The number of nitrogens with one attached hydrogen (secondary N) is 1. The predicted molar refractivity (Wildman–Crippen MR) is 94.9 cm³/mol. The first-order valence-corrected chi connectivity index (χ1v) is 9.60. The fraction of sp³-hybridized carbons (Fsp3) is 0.684. The van der Waals surface area contributed by atoms with Crippen LogP contribution in [0.2, 0.25) is 0 Å². The molecule has 118 valence electrons. The third-order valence-corrected chi connectivity index (χ3v) is 5.98. The zero-order valence-electron chi connectivity index (χ0n) is 13.8. The van der Waals surface area contributed by atoms with Crippen LogP contribution in [0.15, 0.2) is 35.2 Å². The topological polar surface area (TPSA) is 12.0 Å². The smallest absolute Gasteiger partial charge is 0.00957 e. The van der Waals surface area contributed by atoms with Gasteiger partial charge in [-0.05, 0) is 67.9 Å². The van der Waals surface area contributed by atoms with Gasteiger partial charge in [-0.2, -0.15) is 0 Å². The van der Waals surface area contributed by atoms with Crippen LogP contribution in [0.25, 0.3) is 0 Å². The molecule has 1 aliphatic carbocycles. The molecule has 0 aliphatic heterocycles. The number of rotatable bonds is 7. The molecule has 0 amide bonds. The monoisotopic (exact) mass is 305 g/mol. The minimum atomic E-state index is 0.751.